The summed E-state index contributed by atoms with van der Waals surface area (Å²) in [6, 6.07) is 1.48. The van der Waals surface area contributed by atoms with Gasteiger partial charge in [0.25, 0.3) is 5.91 Å². The number of benzene rings is 1. The van der Waals surface area contributed by atoms with Crippen LogP contribution in [0.2, 0.25) is 0 Å². The van der Waals surface area contributed by atoms with Gasteiger partial charge in [0.15, 0.2) is 0 Å². The van der Waals surface area contributed by atoms with Crippen molar-refractivity contribution >= 4 is 11.6 Å². The lowest BCUT2D eigenvalue weighted by molar-refractivity contribution is 0.0910. The highest BCUT2D eigenvalue weighted by atomic mass is 19.1. The first-order chi connectivity index (χ1) is 7.95. The maximum absolute atomic E-state index is 13.3. The average molecular weight is 244 g/mol. The van der Waals surface area contributed by atoms with Crippen molar-refractivity contribution in [2.45, 2.75) is 19.4 Å². The molecule has 4 nitrogen and oxygen atoms in total. The van der Waals surface area contributed by atoms with Gasteiger partial charge < -0.3 is 16.2 Å². The highest BCUT2D eigenvalue weighted by molar-refractivity contribution is 5.95. The summed E-state index contributed by atoms with van der Waals surface area (Å²) in [5.74, 6) is -2.63. The summed E-state index contributed by atoms with van der Waals surface area (Å²) >= 11 is 0. The van der Waals surface area contributed by atoms with Gasteiger partial charge >= 0.3 is 0 Å². The molecule has 0 bridgehead atoms. The number of anilines is 1. The van der Waals surface area contributed by atoms with Gasteiger partial charge in [-0.25, -0.2) is 8.78 Å². The molecule has 1 atom stereocenters. The number of carbonyl (C=O) groups excluding carboxylic acids is 1. The van der Waals surface area contributed by atoms with Crippen molar-refractivity contribution in [1.82, 2.24) is 5.32 Å². The Morgan fingerprint density at radius 1 is 1.47 bits per heavy atom. The summed E-state index contributed by atoms with van der Waals surface area (Å²) in [4.78, 5) is 11.5. The van der Waals surface area contributed by atoms with Gasteiger partial charge in [0, 0.05) is 12.6 Å². The van der Waals surface area contributed by atoms with E-state index >= 15 is 0 Å². The van der Waals surface area contributed by atoms with Crippen LogP contribution in [0.4, 0.5) is 14.5 Å². The van der Waals surface area contributed by atoms with Gasteiger partial charge in [-0.3, -0.25) is 4.79 Å². The fraction of sp³-hybridized carbons (Fsp3) is 0.364. The predicted molar refractivity (Wildman–Crippen MR) is 59.4 cm³/mol. The number of nitrogens with one attached hydrogen (secondary N) is 1. The Bertz CT molecular complexity index is 424. The Hall–Kier alpha value is -1.69. The molecule has 1 rings (SSSR count). The van der Waals surface area contributed by atoms with Gasteiger partial charge in [0.2, 0.25) is 0 Å². The third-order valence-electron chi connectivity index (χ3n) is 2.30. The molecule has 0 spiro atoms. The third-order valence-corrected chi connectivity index (χ3v) is 2.30. The van der Waals surface area contributed by atoms with Crippen molar-refractivity contribution < 1.29 is 18.7 Å². The molecular formula is C11H14F2N2O2. The van der Waals surface area contributed by atoms with Crippen LogP contribution in [-0.4, -0.2) is 23.7 Å². The van der Waals surface area contributed by atoms with Crippen LogP contribution in [0, 0.1) is 11.6 Å². The Morgan fingerprint density at radius 3 is 2.71 bits per heavy atom. The topological polar surface area (TPSA) is 75.3 Å². The summed E-state index contributed by atoms with van der Waals surface area (Å²) in [6.45, 7) is 1.75. The van der Waals surface area contributed by atoms with E-state index in [0.717, 1.165) is 6.07 Å². The molecule has 0 radical (unpaired) electrons. The van der Waals surface area contributed by atoms with Crippen LogP contribution in [0.3, 0.4) is 0 Å². The van der Waals surface area contributed by atoms with Crippen LogP contribution in [0.1, 0.15) is 23.7 Å². The van der Waals surface area contributed by atoms with Gasteiger partial charge in [-0.15, -0.1) is 0 Å². The van der Waals surface area contributed by atoms with Crippen LogP contribution < -0.4 is 11.1 Å². The molecule has 0 aliphatic rings. The van der Waals surface area contributed by atoms with Crippen molar-refractivity contribution in [3.63, 3.8) is 0 Å². The highest BCUT2D eigenvalue weighted by Gasteiger charge is 2.15. The first-order valence-corrected chi connectivity index (χ1v) is 5.16. The number of carbonyl (C=O) groups is 1. The fourth-order valence-electron chi connectivity index (χ4n) is 1.19. The van der Waals surface area contributed by atoms with Crippen molar-refractivity contribution in [2.75, 3.05) is 12.3 Å². The zero-order chi connectivity index (χ0) is 13.0. The zero-order valence-corrected chi connectivity index (χ0v) is 9.34. The van der Waals surface area contributed by atoms with Crippen molar-refractivity contribution in [1.29, 1.82) is 0 Å². The lowest BCUT2D eigenvalue weighted by atomic mass is 10.1. The van der Waals surface area contributed by atoms with Crippen LogP contribution in [0.25, 0.3) is 0 Å². The molecule has 0 aliphatic carbocycles. The van der Waals surface area contributed by atoms with E-state index in [2.05, 4.69) is 5.32 Å². The molecule has 0 aromatic heterocycles. The number of nitrogens with two attached hydrogens (primary N) is 1. The minimum absolute atomic E-state index is 0.00601. The van der Waals surface area contributed by atoms with E-state index in [0.29, 0.717) is 12.5 Å². The SMILES string of the molecule is CCC(O)CNC(=O)c1cc(N)c(F)cc1F. The van der Waals surface area contributed by atoms with Gasteiger partial charge in [0.05, 0.1) is 17.4 Å². The van der Waals surface area contributed by atoms with E-state index in [4.69, 9.17) is 5.73 Å². The Labute approximate surface area is 97.4 Å². The number of hydrogen-bond acceptors (Lipinski definition) is 3. The van der Waals surface area contributed by atoms with Crippen LogP contribution in [-0.2, 0) is 0 Å². The molecule has 0 fully saturated rings. The minimum atomic E-state index is -0.986. The molecule has 17 heavy (non-hydrogen) atoms. The molecule has 6 heteroatoms. The standard InChI is InChI=1S/C11H14F2N2O2/c1-2-6(16)5-15-11(17)7-3-10(14)9(13)4-8(7)12/h3-4,6,16H,2,5,14H2,1H3,(H,15,17). The molecule has 0 heterocycles. The summed E-state index contributed by atoms with van der Waals surface area (Å²) in [5, 5.41) is 11.6. The number of amides is 1. The van der Waals surface area contributed by atoms with Gasteiger partial charge in [-0.1, -0.05) is 6.92 Å². The lowest BCUT2D eigenvalue weighted by Gasteiger charge is -2.10. The average Bonchev–Trinajstić information content (AvgIpc) is 2.30. The fourth-order valence-corrected chi connectivity index (χ4v) is 1.19. The summed E-state index contributed by atoms with van der Waals surface area (Å²) < 4.78 is 26.1. The second-order valence-electron chi connectivity index (χ2n) is 3.63. The van der Waals surface area contributed by atoms with E-state index in [9.17, 15) is 18.7 Å². The summed E-state index contributed by atoms with van der Waals surface area (Å²) in [6.07, 6.45) is -0.228. The Kier molecular flexibility index (Phi) is 4.39. The van der Waals surface area contributed by atoms with E-state index < -0.39 is 23.6 Å². The second kappa shape index (κ2) is 5.58. The van der Waals surface area contributed by atoms with Gasteiger partial charge in [-0.05, 0) is 12.5 Å². The smallest absolute Gasteiger partial charge is 0.254 e. The lowest BCUT2D eigenvalue weighted by Crippen LogP contribution is -2.32. The van der Waals surface area contributed by atoms with E-state index in [1.807, 2.05) is 0 Å². The van der Waals surface area contributed by atoms with Crippen LogP contribution in [0.15, 0.2) is 12.1 Å². The van der Waals surface area contributed by atoms with Crippen LogP contribution in [0.5, 0.6) is 0 Å². The quantitative estimate of drug-likeness (QED) is 0.693. The number of aliphatic hydroxyl groups excluding tert-OH is 1. The minimum Gasteiger partial charge on any atom is -0.396 e. The number of rotatable bonds is 4. The molecule has 1 aromatic rings. The molecule has 1 amide bonds. The summed E-state index contributed by atoms with van der Waals surface area (Å²) in [5.41, 5.74) is 4.60. The Morgan fingerprint density at radius 2 is 2.12 bits per heavy atom. The largest absolute Gasteiger partial charge is 0.396 e. The number of aliphatic hydroxyl groups is 1. The van der Waals surface area contributed by atoms with Crippen molar-refractivity contribution in [2.24, 2.45) is 0 Å². The second-order valence-corrected chi connectivity index (χ2v) is 3.63. The van der Waals surface area contributed by atoms with Crippen LogP contribution >= 0.6 is 0 Å². The van der Waals surface area contributed by atoms with E-state index in [-0.39, 0.29) is 17.8 Å². The maximum atomic E-state index is 13.3. The molecular weight excluding hydrogens is 230 g/mol. The van der Waals surface area contributed by atoms with E-state index in [1.165, 1.54) is 0 Å². The number of hydrogen-bond donors (Lipinski definition) is 3. The molecule has 0 saturated carbocycles. The number of nitrogen functional groups attached to an aromatic ring is 1. The maximum Gasteiger partial charge on any atom is 0.254 e. The normalized spacial score (nSPS) is 12.2. The highest BCUT2D eigenvalue weighted by Crippen LogP contribution is 2.16. The summed E-state index contributed by atoms with van der Waals surface area (Å²) in [7, 11) is 0. The molecule has 1 unspecified atom stereocenters. The number of halogens is 2. The van der Waals surface area contributed by atoms with Crippen molar-refractivity contribution in [3.8, 4) is 0 Å². The molecule has 4 N–H and O–H groups in total. The molecule has 94 valence electrons. The van der Waals surface area contributed by atoms with E-state index in [1.54, 1.807) is 6.92 Å². The first-order valence-electron chi connectivity index (χ1n) is 5.16. The van der Waals surface area contributed by atoms with Gasteiger partial charge in [-0.2, -0.15) is 0 Å². The first kappa shape index (κ1) is 13.4. The van der Waals surface area contributed by atoms with Gasteiger partial charge in [0.1, 0.15) is 11.6 Å². The molecule has 0 saturated heterocycles. The molecule has 0 aliphatic heterocycles. The monoisotopic (exact) mass is 244 g/mol. The molecule has 1 aromatic carbocycles. The Balaban J connectivity index is 2.79. The zero-order valence-electron chi connectivity index (χ0n) is 9.34. The van der Waals surface area contributed by atoms with Crippen molar-refractivity contribution in [3.05, 3.63) is 29.3 Å². The predicted octanol–water partition coefficient (Wildman–Crippen LogP) is 1.05. The third kappa shape index (κ3) is 3.39.